The Morgan fingerprint density at radius 1 is 1.50 bits per heavy atom. The Bertz CT molecular complexity index is 474. The Kier molecular flexibility index (Phi) is 4.67. The fourth-order valence-electron chi connectivity index (χ4n) is 1.70. The number of halogens is 1. The summed E-state index contributed by atoms with van der Waals surface area (Å²) in [5, 5.41) is 10.6. The van der Waals surface area contributed by atoms with Crippen LogP contribution in [-0.4, -0.2) is 28.3 Å². The Morgan fingerprint density at radius 2 is 2.11 bits per heavy atom. The minimum atomic E-state index is -0.573. The third-order valence-electron chi connectivity index (χ3n) is 2.62. The van der Waals surface area contributed by atoms with Crippen molar-refractivity contribution in [1.82, 2.24) is 4.90 Å². The highest BCUT2D eigenvalue weighted by molar-refractivity contribution is 6.33. The van der Waals surface area contributed by atoms with Crippen LogP contribution in [0.2, 0.25) is 5.02 Å². The minimum absolute atomic E-state index is 0.0225. The fourth-order valence-corrected chi connectivity index (χ4v) is 1.95. The summed E-state index contributed by atoms with van der Waals surface area (Å²) in [6.07, 6.45) is 0. The van der Waals surface area contributed by atoms with Gasteiger partial charge in [-0.25, -0.2) is 0 Å². The van der Waals surface area contributed by atoms with Crippen molar-refractivity contribution in [1.29, 1.82) is 0 Å². The molecule has 1 amide bonds. The third kappa shape index (κ3) is 2.98. The third-order valence-corrected chi connectivity index (χ3v) is 2.92. The van der Waals surface area contributed by atoms with Gasteiger partial charge >= 0.3 is 0 Å². The van der Waals surface area contributed by atoms with E-state index in [0.717, 1.165) is 0 Å². The lowest BCUT2D eigenvalue weighted by Crippen LogP contribution is -2.36. The van der Waals surface area contributed by atoms with Gasteiger partial charge in [-0.2, -0.15) is 0 Å². The van der Waals surface area contributed by atoms with Gasteiger partial charge in [-0.15, -0.1) is 0 Å². The molecule has 0 atom stereocenters. The van der Waals surface area contributed by atoms with E-state index in [1.54, 1.807) is 4.90 Å². The van der Waals surface area contributed by atoms with Gasteiger partial charge in [0.15, 0.2) is 0 Å². The molecule has 1 rings (SSSR count). The van der Waals surface area contributed by atoms with Crippen LogP contribution >= 0.6 is 11.6 Å². The molecule has 0 saturated heterocycles. The maximum Gasteiger partial charge on any atom is 0.287 e. The molecule has 0 aliphatic heterocycles. The van der Waals surface area contributed by atoms with Gasteiger partial charge < -0.3 is 4.90 Å². The fraction of sp³-hybridized carbons (Fsp3) is 0.417. The number of amides is 1. The molecule has 98 valence electrons. The maximum absolute atomic E-state index is 12.1. The van der Waals surface area contributed by atoms with Gasteiger partial charge in [0.25, 0.3) is 11.6 Å². The largest absolute Gasteiger partial charge is 0.337 e. The zero-order valence-electron chi connectivity index (χ0n) is 10.5. The van der Waals surface area contributed by atoms with Gasteiger partial charge in [0, 0.05) is 24.2 Å². The first kappa shape index (κ1) is 14.4. The Morgan fingerprint density at radius 3 is 2.50 bits per heavy atom. The van der Waals surface area contributed by atoms with Gasteiger partial charge in [-0.3, -0.25) is 14.9 Å². The summed E-state index contributed by atoms with van der Waals surface area (Å²) in [4.78, 5) is 23.9. The first-order chi connectivity index (χ1) is 8.38. The number of nitrogens with zero attached hydrogens (tertiary/aromatic N) is 2. The lowest BCUT2D eigenvalue weighted by atomic mass is 10.1. The average molecular weight is 271 g/mol. The predicted molar refractivity (Wildman–Crippen MR) is 70.0 cm³/mol. The van der Waals surface area contributed by atoms with Crippen LogP contribution in [0.4, 0.5) is 5.69 Å². The van der Waals surface area contributed by atoms with Gasteiger partial charge in [-0.05, 0) is 32.9 Å². The number of hydrogen-bond acceptors (Lipinski definition) is 3. The molecule has 0 saturated carbocycles. The molecule has 1 aromatic rings. The first-order valence-corrected chi connectivity index (χ1v) is 6.01. The predicted octanol–water partition coefficient (Wildman–Crippen LogP) is 3.12. The molecular weight excluding hydrogens is 256 g/mol. The van der Waals surface area contributed by atoms with Crippen LogP contribution < -0.4 is 0 Å². The molecule has 6 heteroatoms. The lowest BCUT2D eigenvalue weighted by molar-refractivity contribution is -0.384. The molecule has 0 aliphatic carbocycles. The van der Waals surface area contributed by atoms with Gasteiger partial charge in [0.1, 0.15) is 5.02 Å². The van der Waals surface area contributed by atoms with Crippen LogP contribution in [-0.2, 0) is 0 Å². The Balaban J connectivity index is 3.08. The zero-order chi connectivity index (χ0) is 13.9. The summed E-state index contributed by atoms with van der Waals surface area (Å²) in [5.41, 5.74) is 0.168. The second-order valence-electron chi connectivity index (χ2n) is 4.11. The summed E-state index contributed by atoms with van der Waals surface area (Å²) < 4.78 is 0. The molecule has 0 aromatic heterocycles. The molecule has 0 bridgehead atoms. The number of rotatable bonds is 4. The number of nitro benzene ring substituents is 1. The number of carbonyl (C=O) groups is 1. The summed E-state index contributed by atoms with van der Waals surface area (Å²) in [7, 11) is 0. The van der Waals surface area contributed by atoms with Crippen molar-refractivity contribution in [2.24, 2.45) is 0 Å². The van der Waals surface area contributed by atoms with E-state index in [1.165, 1.54) is 18.2 Å². The van der Waals surface area contributed by atoms with Crippen LogP contribution in [0.3, 0.4) is 0 Å². The SMILES string of the molecule is CCN(C(=O)c1ccc([N+](=O)[O-])c(Cl)c1)C(C)C. The molecule has 5 nitrogen and oxygen atoms in total. The van der Waals surface area contributed by atoms with Crippen molar-refractivity contribution in [3.63, 3.8) is 0 Å². The van der Waals surface area contributed by atoms with E-state index in [1.807, 2.05) is 20.8 Å². The Labute approximate surface area is 110 Å². The molecule has 0 fully saturated rings. The zero-order valence-corrected chi connectivity index (χ0v) is 11.3. The van der Waals surface area contributed by atoms with Crippen LogP contribution in [0.25, 0.3) is 0 Å². The highest BCUT2D eigenvalue weighted by Gasteiger charge is 2.20. The smallest absolute Gasteiger partial charge is 0.287 e. The van der Waals surface area contributed by atoms with Crippen molar-refractivity contribution in [3.8, 4) is 0 Å². The van der Waals surface area contributed by atoms with Crippen molar-refractivity contribution in [2.75, 3.05) is 6.54 Å². The van der Waals surface area contributed by atoms with Gasteiger partial charge in [0.2, 0.25) is 0 Å². The Hall–Kier alpha value is -1.62. The van der Waals surface area contributed by atoms with E-state index in [4.69, 9.17) is 11.6 Å². The molecule has 1 aromatic carbocycles. The lowest BCUT2D eigenvalue weighted by Gasteiger charge is -2.25. The van der Waals surface area contributed by atoms with Crippen molar-refractivity contribution >= 4 is 23.2 Å². The van der Waals surface area contributed by atoms with Crippen molar-refractivity contribution < 1.29 is 9.72 Å². The maximum atomic E-state index is 12.1. The molecule has 0 unspecified atom stereocenters. The average Bonchev–Trinajstić information content (AvgIpc) is 2.28. The van der Waals surface area contributed by atoms with Crippen LogP contribution in [0.1, 0.15) is 31.1 Å². The van der Waals surface area contributed by atoms with Crippen LogP contribution in [0.15, 0.2) is 18.2 Å². The number of carbonyl (C=O) groups excluding carboxylic acids is 1. The van der Waals surface area contributed by atoms with E-state index < -0.39 is 4.92 Å². The summed E-state index contributed by atoms with van der Waals surface area (Å²) in [5.74, 6) is -0.177. The topological polar surface area (TPSA) is 63.5 Å². The highest BCUT2D eigenvalue weighted by Crippen LogP contribution is 2.25. The van der Waals surface area contributed by atoms with Crippen molar-refractivity contribution in [2.45, 2.75) is 26.8 Å². The molecule has 0 N–H and O–H groups in total. The number of benzene rings is 1. The molecule has 0 heterocycles. The van der Waals surface area contributed by atoms with E-state index in [0.29, 0.717) is 12.1 Å². The summed E-state index contributed by atoms with van der Waals surface area (Å²) >= 11 is 5.78. The number of hydrogen-bond donors (Lipinski definition) is 0. The van der Waals surface area contributed by atoms with Crippen molar-refractivity contribution in [3.05, 3.63) is 38.9 Å². The molecule has 0 spiro atoms. The first-order valence-electron chi connectivity index (χ1n) is 5.63. The summed E-state index contributed by atoms with van der Waals surface area (Å²) in [6, 6.07) is 4.09. The standard InChI is InChI=1S/C12H15ClN2O3/c1-4-14(8(2)3)12(16)9-5-6-11(15(17)18)10(13)7-9/h5-8H,4H2,1-3H3. The monoisotopic (exact) mass is 270 g/mol. The van der Waals surface area contributed by atoms with Crippen LogP contribution in [0.5, 0.6) is 0 Å². The molecule has 0 radical (unpaired) electrons. The van der Waals surface area contributed by atoms with Gasteiger partial charge in [-0.1, -0.05) is 11.6 Å². The molecule has 18 heavy (non-hydrogen) atoms. The van der Waals surface area contributed by atoms with Crippen LogP contribution in [0, 0.1) is 10.1 Å². The normalized spacial score (nSPS) is 10.5. The summed E-state index contributed by atoms with van der Waals surface area (Å²) in [6.45, 7) is 6.28. The second kappa shape index (κ2) is 5.82. The van der Waals surface area contributed by atoms with E-state index in [9.17, 15) is 14.9 Å². The molecular formula is C12H15ClN2O3. The molecule has 0 aliphatic rings. The number of nitro groups is 1. The van der Waals surface area contributed by atoms with E-state index >= 15 is 0 Å². The minimum Gasteiger partial charge on any atom is -0.337 e. The van der Waals surface area contributed by atoms with Gasteiger partial charge in [0.05, 0.1) is 4.92 Å². The highest BCUT2D eigenvalue weighted by atomic mass is 35.5. The van der Waals surface area contributed by atoms with E-state index in [2.05, 4.69) is 0 Å². The quantitative estimate of drug-likeness (QED) is 0.624. The van der Waals surface area contributed by atoms with E-state index in [-0.39, 0.29) is 22.7 Å². The second-order valence-corrected chi connectivity index (χ2v) is 4.52.